The molecule has 0 radical (unpaired) electrons. The summed E-state index contributed by atoms with van der Waals surface area (Å²) in [7, 11) is 3.41. The monoisotopic (exact) mass is 518 g/mol. The van der Waals surface area contributed by atoms with Gasteiger partial charge in [0.1, 0.15) is 17.6 Å². The molecule has 1 amide bonds. The topological polar surface area (TPSA) is 75.2 Å². The second-order valence-corrected chi connectivity index (χ2v) is 7.46. The van der Waals surface area contributed by atoms with Crippen molar-refractivity contribution in [3.05, 3.63) is 24.3 Å². The van der Waals surface area contributed by atoms with Gasteiger partial charge in [0.2, 0.25) is 5.91 Å². The van der Waals surface area contributed by atoms with E-state index in [1.165, 1.54) is 0 Å². The van der Waals surface area contributed by atoms with Crippen molar-refractivity contribution in [2.75, 3.05) is 33.8 Å². The SMILES string of the molecule is CN=C(NCC(C)Oc1cccc(OC)c1)NC1CCN(C(=O)C(C)C)CC1.I. The maximum atomic E-state index is 12.1. The molecular formula is C21H35IN4O3. The number of halogens is 1. The van der Waals surface area contributed by atoms with Crippen molar-refractivity contribution in [1.29, 1.82) is 0 Å². The molecule has 1 atom stereocenters. The predicted octanol–water partition coefficient (Wildman–Crippen LogP) is 2.89. The first-order valence-corrected chi connectivity index (χ1v) is 9.99. The molecule has 1 aromatic rings. The summed E-state index contributed by atoms with van der Waals surface area (Å²) < 4.78 is 11.2. The summed E-state index contributed by atoms with van der Waals surface area (Å²) >= 11 is 0. The first kappa shape index (κ1) is 25.3. The van der Waals surface area contributed by atoms with Gasteiger partial charge in [-0.25, -0.2) is 0 Å². The Balaban J connectivity index is 0.00000420. The Morgan fingerprint density at radius 2 is 1.90 bits per heavy atom. The second-order valence-electron chi connectivity index (χ2n) is 7.46. The van der Waals surface area contributed by atoms with Crippen LogP contribution in [0.15, 0.2) is 29.3 Å². The Hall–Kier alpha value is -1.71. The quantitative estimate of drug-likeness (QED) is 0.330. The number of hydrogen-bond acceptors (Lipinski definition) is 4. The first-order chi connectivity index (χ1) is 13.4. The van der Waals surface area contributed by atoms with E-state index in [0.717, 1.165) is 43.4 Å². The van der Waals surface area contributed by atoms with E-state index in [2.05, 4.69) is 15.6 Å². The minimum absolute atomic E-state index is 0. The number of ether oxygens (including phenoxy) is 2. The van der Waals surface area contributed by atoms with Crippen molar-refractivity contribution in [1.82, 2.24) is 15.5 Å². The highest BCUT2D eigenvalue weighted by atomic mass is 127. The van der Waals surface area contributed by atoms with Gasteiger partial charge < -0.3 is 25.0 Å². The zero-order valence-electron chi connectivity index (χ0n) is 18.1. The van der Waals surface area contributed by atoms with E-state index in [1.54, 1.807) is 14.2 Å². The van der Waals surface area contributed by atoms with Crippen LogP contribution < -0.4 is 20.1 Å². The fourth-order valence-corrected chi connectivity index (χ4v) is 3.19. The molecule has 2 N–H and O–H groups in total. The zero-order chi connectivity index (χ0) is 20.5. The molecule has 1 heterocycles. The number of guanidine groups is 1. The van der Waals surface area contributed by atoms with Crippen molar-refractivity contribution in [3.63, 3.8) is 0 Å². The fraction of sp³-hybridized carbons (Fsp3) is 0.619. The number of piperidine rings is 1. The number of hydrogen-bond donors (Lipinski definition) is 2. The molecule has 0 aromatic heterocycles. The number of benzene rings is 1. The van der Waals surface area contributed by atoms with Crippen molar-refractivity contribution in [2.24, 2.45) is 10.9 Å². The molecule has 1 aliphatic heterocycles. The van der Waals surface area contributed by atoms with Gasteiger partial charge in [0.15, 0.2) is 5.96 Å². The maximum Gasteiger partial charge on any atom is 0.225 e. The number of likely N-dealkylation sites (tertiary alicyclic amines) is 1. The molecule has 0 bridgehead atoms. The molecule has 1 aromatic carbocycles. The van der Waals surface area contributed by atoms with E-state index in [1.807, 2.05) is 49.9 Å². The third kappa shape index (κ3) is 8.28. The van der Waals surface area contributed by atoms with Gasteiger partial charge in [-0.3, -0.25) is 9.79 Å². The molecule has 0 saturated carbocycles. The minimum atomic E-state index is -0.0313. The molecule has 0 spiro atoms. The Kier molecular flexibility index (Phi) is 11.2. The summed E-state index contributed by atoms with van der Waals surface area (Å²) in [5.74, 6) is 2.61. The molecule has 8 heteroatoms. The lowest BCUT2D eigenvalue weighted by Crippen LogP contribution is -2.51. The molecule has 7 nitrogen and oxygen atoms in total. The summed E-state index contributed by atoms with van der Waals surface area (Å²) in [5.41, 5.74) is 0. The van der Waals surface area contributed by atoms with Crippen molar-refractivity contribution in [3.8, 4) is 11.5 Å². The average molecular weight is 518 g/mol. The number of carbonyl (C=O) groups excluding carboxylic acids is 1. The third-order valence-electron chi connectivity index (χ3n) is 4.80. The van der Waals surface area contributed by atoms with E-state index >= 15 is 0 Å². The second kappa shape index (κ2) is 12.8. The molecule has 1 saturated heterocycles. The van der Waals surface area contributed by atoms with E-state index in [-0.39, 0.29) is 41.9 Å². The molecule has 2 rings (SSSR count). The lowest BCUT2D eigenvalue weighted by atomic mass is 10.0. The van der Waals surface area contributed by atoms with Crippen LogP contribution in [0.25, 0.3) is 0 Å². The number of carbonyl (C=O) groups is 1. The predicted molar refractivity (Wildman–Crippen MR) is 127 cm³/mol. The van der Waals surface area contributed by atoms with Gasteiger partial charge in [-0.15, -0.1) is 24.0 Å². The summed E-state index contributed by atoms with van der Waals surface area (Å²) in [4.78, 5) is 18.4. The Bertz CT molecular complexity index is 661. The van der Waals surface area contributed by atoms with Crippen LogP contribution in [0.3, 0.4) is 0 Å². The van der Waals surface area contributed by atoms with Gasteiger partial charge in [0.05, 0.1) is 13.7 Å². The van der Waals surface area contributed by atoms with Crippen molar-refractivity contribution >= 4 is 35.8 Å². The Labute approximate surface area is 191 Å². The number of nitrogens with zero attached hydrogens (tertiary/aromatic N) is 2. The van der Waals surface area contributed by atoms with Crippen LogP contribution in [0.2, 0.25) is 0 Å². The zero-order valence-corrected chi connectivity index (χ0v) is 20.4. The number of rotatable bonds is 7. The van der Waals surface area contributed by atoms with Gasteiger partial charge in [0.25, 0.3) is 0 Å². The Morgan fingerprint density at radius 1 is 1.24 bits per heavy atom. The standard InChI is InChI=1S/C21H34N4O3.HI/c1-15(2)20(26)25-11-9-17(10-12-25)24-21(22-4)23-14-16(3)28-19-8-6-7-18(13-19)27-5;/h6-8,13,15-17H,9-12,14H2,1-5H3,(H2,22,23,24);1H. The largest absolute Gasteiger partial charge is 0.497 e. The van der Waals surface area contributed by atoms with E-state index in [0.29, 0.717) is 12.6 Å². The highest BCUT2D eigenvalue weighted by Gasteiger charge is 2.24. The lowest BCUT2D eigenvalue weighted by Gasteiger charge is -2.34. The number of methoxy groups -OCH3 is 1. The summed E-state index contributed by atoms with van der Waals surface area (Å²) in [6.45, 7) is 8.12. The smallest absolute Gasteiger partial charge is 0.225 e. The number of amides is 1. The normalized spacial score (nSPS) is 16.1. The number of nitrogens with one attached hydrogen (secondary N) is 2. The number of aliphatic imine (C=N–C) groups is 1. The van der Waals surface area contributed by atoms with Gasteiger partial charge >= 0.3 is 0 Å². The van der Waals surface area contributed by atoms with Crippen LogP contribution in [-0.2, 0) is 4.79 Å². The van der Waals surface area contributed by atoms with Crippen LogP contribution in [-0.4, -0.2) is 62.7 Å². The van der Waals surface area contributed by atoms with Crippen LogP contribution in [0.4, 0.5) is 0 Å². The van der Waals surface area contributed by atoms with Gasteiger partial charge in [-0.1, -0.05) is 19.9 Å². The minimum Gasteiger partial charge on any atom is -0.497 e. The molecule has 29 heavy (non-hydrogen) atoms. The third-order valence-corrected chi connectivity index (χ3v) is 4.80. The van der Waals surface area contributed by atoms with Gasteiger partial charge in [-0.05, 0) is 31.9 Å². The van der Waals surface area contributed by atoms with Crippen LogP contribution in [0, 0.1) is 5.92 Å². The molecular weight excluding hydrogens is 483 g/mol. The van der Waals surface area contributed by atoms with E-state index in [4.69, 9.17) is 9.47 Å². The van der Waals surface area contributed by atoms with Crippen molar-refractivity contribution in [2.45, 2.75) is 45.8 Å². The molecule has 1 fully saturated rings. The highest BCUT2D eigenvalue weighted by molar-refractivity contribution is 14.0. The van der Waals surface area contributed by atoms with E-state index < -0.39 is 0 Å². The van der Waals surface area contributed by atoms with Crippen LogP contribution in [0.1, 0.15) is 33.6 Å². The lowest BCUT2D eigenvalue weighted by molar-refractivity contribution is -0.135. The molecule has 0 aliphatic carbocycles. The van der Waals surface area contributed by atoms with E-state index in [9.17, 15) is 4.79 Å². The van der Waals surface area contributed by atoms with Gasteiger partial charge in [-0.2, -0.15) is 0 Å². The van der Waals surface area contributed by atoms with Crippen LogP contribution >= 0.6 is 24.0 Å². The van der Waals surface area contributed by atoms with Gasteiger partial charge in [0, 0.05) is 38.2 Å². The molecule has 1 aliphatic rings. The van der Waals surface area contributed by atoms with Crippen LogP contribution in [0.5, 0.6) is 11.5 Å². The highest BCUT2D eigenvalue weighted by Crippen LogP contribution is 2.19. The summed E-state index contributed by atoms with van der Waals surface area (Å²) in [6, 6.07) is 7.90. The summed E-state index contributed by atoms with van der Waals surface area (Å²) in [6.07, 6.45) is 1.82. The molecule has 1 unspecified atom stereocenters. The fourth-order valence-electron chi connectivity index (χ4n) is 3.19. The molecule has 164 valence electrons. The first-order valence-electron chi connectivity index (χ1n) is 9.99. The summed E-state index contributed by atoms with van der Waals surface area (Å²) in [5, 5.41) is 6.78. The Morgan fingerprint density at radius 3 is 2.48 bits per heavy atom. The average Bonchev–Trinajstić information content (AvgIpc) is 2.71. The van der Waals surface area contributed by atoms with Crippen molar-refractivity contribution < 1.29 is 14.3 Å². The maximum absolute atomic E-state index is 12.1.